The lowest BCUT2D eigenvalue weighted by atomic mass is 10.2. The van der Waals surface area contributed by atoms with Crippen molar-refractivity contribution in [1.82, 2.24) is 0 Å². The zero-order chi connectivity index (χ0) is 9.40. The van der Waals surface area contributed by atoms with Gasteiger partial charge in [0.25, 0.3) is 0 Å². The van der Waals surface area contributed by atoms with Crippen LogP contribution in [0.3, 0.4) is 0 Å². The van der Waals surface area contributed by atoms with Gasteiger partial charge in [0.1, 0.15) is 0 Å². The molecule has 0 amide bonds. The maximum atomic E-state index is 10.3. The SMILES string of the molecule is C=N/C=C(\C=C/CN)CC(=O)O. The predicted molar refractivity (Wildman–Crippen MR) is 48.1 cm³/mol. The van der Waals surface area contributed by atoms with Gasteiger partial charge in [0, 0.05) is 12.7 Å². The van der Waals surface area contributed by atoms with Crippen LogP contribution in [0.4, 0.5) is 0 Å². The normalized spacial score (nSPS) is 11.9. The summed E-state index contributed by atoms with van der Waals surface area (Å²) in [6.45, 7) is 3.61. The van der Waals surface area contributed by atoms with Gasteiger partial charge in [-0.05, 0) is 12.3 Å². The Bertz CT molecular complexity index is 219. The molecule has 0 aromatic carbocycles. The van der Waals surface area contributed by atoms with Crippen LogP contribution in [0.15, 0.2) is 28.9 Å². The Morgan fingerprint density at radius 1 is 1.67 bits per heavy atom. The number of carbonyl (C=O) groups is 1. The average Bonchev–Trinajstić information content (AvgIpc) is 2.00. The summed E-state index contributed by atoms with van der Waals surface area (Å²) in [5.41, 5.74) is 5.78. The van der Waals surface area contributed by atoms with E-state index in [1.165, 1.54) is 6.20 Å². The molecule has 0 rings (SSSR count). The van der Waals surface area contributed by atoms with Crippen molar-refractivity contribution in [3.8, 4) is 0 Å². The van der Waals surface area contributed by atoms with Crippen molar-refractivity contribution >= 4 is 12.7 Å². The summed E-state index contributed by atoms with van der Waals surface area (Å²) >= 11 is 0. The second kappa shape index (κ2) is 6.30. The van der Waals surface area contributed by atoms with Crippen molar-refractivity contribution in [2.75, 3.05) is 6.54 Å². The van der Waals surface area contributed by atoms with Crippen LogP contribution in [0, 0.1) is 0 Å². The highest BCUT2D eigenvalue weighted by Crippen LogP contribution is 2.02. The fourth-order valence-electron chi connectivity index (χ4n) is 0.659. The van der Waals surface area contributed by atoms with Gasteiger partial charge in [0.2, 0.25) is 0 Å². The molecule has 0 unspecified atom stereocenters. The van der Waals surface area contributed by atoms with Gasteiger partial charge >= 0.3 is 5.97 Å². The van der Waals surface area contributed by atoms with Crippen molar-refractivity contribution in [3.05, 3.63) is 23.9 Å². The number of aliphatic imine (C=N–C) groups is 1. The van der Waals surface area contributed by atoms with Crippen molar-refractivity contribution < 1.29 is 9.90 Å². The van der Waals surface area contributed by atoms with Crippen LogP contribution < -0.4 is 5.73 Å². The highest BCUT2D eigenvalue weighted by molar-refractivity contribution is 5.70. The molecule has 0 aliphatic heterocycles. The highest BCUT2D eigenvalue weighted by atomic mass is 16.4. The van der Waals surface area contributed by atoms with Crippen molar-refractivity contribution in [2.24, 2.45) is 10.7 Å². The van der Waals surface area contributed by atoms with Crippen LogP contribution in [-0.4, -0.2) is 24.3 Å². The van der Waals surface area contributed by atoms with Gasteiger partial charge in [-0.1, -0.05) is 12.2 Å². The molecule has 4 nitrogen and oxygen atoms in total. The molecule has 3 N–H and O–H groups in total. The monoisotopic (exact) mass is 168 g/mol. The molecule has 12 heavy (non-hydrogen) atoms. The lowest BCUT2D eigenvalue weighted by Crippen LogP contribution is -1.97. The zero-order valence-corrected chi connectivity index (χ0v) is 6.73. The number of carboxylic acids is 1. The van der Waals surface area contributed by atoms with E-state index in [9.17, 15) is 4.79 Å². The van der Waals surface area contributed by atoms with E-state index in [0.29, 0.717) is 12.1 Å². The zero-order valence-electron chi connectivity index (χ0n) is 6.73. The number of carboxylic acid groups (broad SMARTS) is 1. The van der Waals surface area contributed by atoms with Crippen molar-refractivity contribution in [3.63, 3.8) is 0 Å². The van der Waals surface area contributed by atoms with Gasteiger partial charge in [-0.2, -0.15) is 0 Å². The molecule has 4 heteroatoms. The number of nitrogens with zero attached hydrogens (tertiary/aromatic N) is 1. The largest absolute Gasteiger partial charge is 0.481 e. The van der Waals surface area contributed by atoms with Crippen LogP contribution in [0.2, 0.25) is 0 Å². The minimum absolute atomic E-state index is 0.0600. The molecule has 0 aromatic rings. The molecular formula is C8H12N2O2. The van der Waals surface area contributed by atoms with Crippen LogP contribution in [0.1, 0.15) is 6.42 Å². The molecule has 0 heterocycles. The van der Waals surface area contributed by atoms with Crippen LogP contribution in [0.5, 0.6) is 0 Å². The third-order valence-electron chi connectivity index (χ3n) is 1.08. The van der Waals surface area contributed by atoms with Crippen LogP contribution in [-0.2, 0) is 4.79 Å². The Morgan fingerprint density at radius 2 is 2.33 bits per heavy atom. The second-order valence-corrected chi connectivity index (χ2v) is 2.10. The summed E-state index contributed by atoms with van der Waals surface area (Å²) in [5.74, 6) is -0.897. The molecule has 0 spiro atoms. The summed E-state index contributed by atoms with van der Waals surface area (Å²) in [6.07, 6.45) is 4.64. The van der Waals surface area contributed by atoms with E-state index < -0.39 is 5.97 Å². The van der Waals surface area contributed by atoms with Crippen molar-refractivity contribution in [2.45, 2.75) is 6.42 Å². The predicted octanol–water partition coefficient (Wildman–Crippen LogP) is 0.560. The van der Waals surface area contributed by atoms with E-state index in [1.54, 1.807) is 12.2 Å². The first kappa shape index (κ1) is 10.6. The third kappa shape index (κ3) is 5.37. The Labute approximate surface area is 71.1 Å². The number of hydrogen-bond acceptors (Lipinski definition) is 3. The van der Waals surface area contributed by atoms with Gasteiger partial charge in [-0.25, -0.2) is 0 Å². The van der Waals surface area contributed by atoms with Gasteiger partial charge in [-0.15, -0.1) is 0 Å². The fourth-order valence-corrected chi connectivity index (χ4v) is 0.659. The first-order valence-corrected chi connectivity index (χ1v) is 3.44. The van der Waals surface area contributed by atoms with Gasteiger partial charge in [0.05, 0.1) is 6.42 Å². The number of aliphatic carboxylic acids is 1. The number of rotatable bonds is 5. The molecule has 0 saturated heterocycles. The number of hydrogen-bond donors (Lipinski definition) is 2. The Morgan fingerprint density at radius 3 is 2.75 bits per heavy atom. The average molecular weight is 168 g/mol. The quantitative estimate of drug-likeness (QED) is 0.465. The summed E-state index contributed by atoms with van der Waals surface area (Å²) in [4.78, 5) is 13.8. The molecule has 0 bridgehead atoms. The van der Waals surface area contributed by atoms with Gasteiger partial charge in [-0.3, -0.25) is 9.79 Å². The molecule has 0 aliphatic carbocycles. The van der Waals surface area contributed by atoms with Gasteiger partial charge in [0.15, 0.2) is 0 Å². The number of allylic oxidation sites excluding steroid dienone is 1. The Balaban J connectivity index is 4.23. The van der Waals surface area contributed by atoms with E-state index in [4.69, 9.17) is 10.8 Å². The van der Waals surface area contributed by atoms with Crippen molar-refractivity contribution in [1.29, 1.82) is 0 Å². The van der Waals surface area contributed by atoms with E-state index >= 15 is 0 Å². The molecule has 0 aliphatic rings. The first-order chi connectivity index (χ1) is 5.70. The van der Waals surface area contributed by atoms with Crippen LogP contribution in [0.25, 0.3) is 0 Å². The van der Waals surface area contributed by atoms with E-state index in [1.807, 2.05) is 0 Å². The molecule has 0 saturated carbocycles. The molecule has 0 aromatic heterocycles. The highest BCUT2D eigenvalue weighted by Gasteiger charge is 1.98. The van der Waals surface area contributed by atoms with E-state index in [2.05, 4.69) is 11.7 Å². The smallest absolute Gasteiger partial charge is 0.307 e. The second-order valence-electron chi connectivity index (χ2n) is 2.10. The maximum absolute atomic E-state index is 10.3. The first-order valence-electron chi connectivity index (χ1n) is 3.44. The standard InChI is InChI=1S/C8H12N2O2/c1-10-6-7(3-2-4-9)5-8(11)12/h2-3,6H,1,4-5,9H2,(H,11,12)/b3-2-,7-6+. The molecule has 0 atom stereocenters. The molecule has 66 valence electrons. The lowest BCUT2D eigenvalue weighted by Gasteiger charge is -1.94. The topological polar surface area (TPSA) is 75.7 Å². The summed E-state index contributed by atoms with van der Waals surface area (Å²) in [6, 6.07) is 0. The minimum Gasteiger partial charge on any atom is -0.481 e. The van der Waals surface area contributed by atoms with Gasteiger partial charge < -0.3 is 10.8 Å². The van der Waals surface area contributed by atoms with E-state index in [-0.39, 0.29) is 6.42 Å². The minimum atomic E-state index is -0.897. The Kier molecular flexibility index (Phi) is 5.55. The summed E-state index contributed by atoms with van der Waals surface area (Å²) < 4.78 is 0. The Hall–Kier alpha value is -1.42. The molecule has 0 fully saturated rings. The summed E-state index contributed by atoms with van der Waals surface area (Å²) in [5, 5.41) is 8.44. The molecular weight excluding hydrogens is 156 g/mol. The number of nitrogens with two attached hydrogens (primary N) is 1. The fraction of sp³-hybridized carbons (Fsp3) is 0.250. The van der Waals surface area contributed by atoms with E-state index in [0.717, 1.165) is 0 Å². The summed E-state index contributed by atoms with van der Waals surface area (Å²) in [7, 11) is 0. The van der Waals surface area contributed by atoms with Crippen LogP contribution >= 0.6 is 0 Å². The third-order valence-corrected chi connectivity index (χ3v) is 1.08. The lowest BCUT2D eigenvalue weighted by molar-refractivity contribution is -0.136. The molecule has 0 radical (unpaired) electrons. The maximum Gasteiger partial charge on any atom is 0.307 e.